The first-order chi connectivity index (χ1) is 13.7. The van der Waals surface area contributed by atoms with Crippen LogP contribution in [0.5, 0.6) is 23.0 Å². The van der Waals surface area contributed by atoms with E-state index in [9.17, 15) is 0 Å². The summed E-state index contributed by atoms with van der Waals surface area (Å²) in [5.74, 6) is 2.90. The minimum absolute atomic E-state index is 0.439. The number of aromatic nitrogens is 2. The number of pyridine rings is 2. The lowest BCUT2D eigenvalue weighted by Crippen LogP contribution is -1.98. The molecule has 0 aliphatic rings. The average molecular weight is 373 g/mol. The second-order valence-electron chi connectivity index (χ2n) is 6.12. The number of nitrogen functional groups attached to an aromatic ring is 1. The number of nitrogens with zero attached hydrogens (tertiary/aromatic N) is 2. The molecule has 6 nitrogen and oxygen atoms in total. The summed E-state index contributed by atoms with van der Waals surface area (Å²) < 4.78 is 17.5. The number of fused-ring (bicyclic) bond motifs is 1. The molecular weight excluding hydrogens is 354 g/mol. The van der Waals surface area contributed by atoms with Gasteiger partial charge in [-0.2, -0.15) is 0 Å². The molecule has 2 N–H and O–H groups in total. The van der Waals surface area contributed by atoms with E-state index in [1.807, 2.05) is 42.5 Å². The maximum Gasteiger partial charge on any atom is 0.163 e. The van der Waals surface area contributed by atoms with E-state index in [0.717, 1.165) is 16.5 Å². The van der Waals surface area contributed by atoms with Gasteiger partial charge in [-0.1, -0.05) is 30.3 Å². The number of hydrogen-bond donors (Lipinski definition) is 1. The van der Waals surface area contributed by atoms with Gasteiger partial charge in [0.25, 0.3) is 0 Å². The number of methoxy groups -OCH3 is 1. The van der Waals surface area contributed by atoms with Crippen LogP contribution < -0.4 is 19.9 Å². The number of ether oxygens (including phenoxy) is 3. The minimum Gasteiger partial charge on any atom is -0.493 e. The molecular formula is C22H19N3O3. The molecule has 0 amide bonds. The van der Waals surface area contributed by atoms with Gasteiger partial charge in [0.1, 0.15) is 23.9 Å². The predicted molar refractivity (Wildman–Crippen MR) is 108 cm³/mol. The van der Waals surface area contributed by atoms with Crippen molar-refractivity contribution in [2.75, 3.05) is 12.8 Å². The Morgan fingerprint density at radius 3 is 2.50 bits per heavy atom. The van der Waals surface area contributed by atoms with E-state index in [-0.39, 0.29) is 0 Å². The lowest BCUT2D eigenvalue weighted by atomic mass is 10.1. The van der Waals surface area contributed by atoms with Crippen molar-refractivity contribution >= 4 is 16.7 Å². The Labute approximate surface area is 162 Å². The normalized spacial score (nSPS) is 10.6. The third-order valence-corrected chi connectivity index (χ3v) is 4.21. The maximum absolute atomic E-state index is 5.96. The predicted octanol–water partition coefficient (Wildman–Crippen LogP) is 4.59. The van der Waals surface area contributed by atoms with Crippen molar-refractivity contribution in [3.63, 3.8) is 0 Å². The number of hydrogen-bond acceptors (Lipinski definition) is 6. The molecule has 4 rings (SSSR count). The highest BCUT2D eigenvalue weighted by atomic mass is 16.5. The van der Waals surface area contributed by atoms with Crippen LogP contribution in [0.1, 0.15) is 5.56 Å². The van der Waals surface area contributed by atoms with E-state index in [0.29, 0.717) is 35.4 Å². The fraction of sp³-hybridized carbons (Fsp3) is 0.0909. The van der Waals surface area contributed by atoms with Crippen molar-refractivity contribution in [3.05, 3.63) is 78.6 Å². The van der Waals surface area contributed by atoms with Gasteiger partial charge in [-0.15, -0.1) is 0 Å². The van der Waals surface area contributed by atoms with Crippen LogP contribution in [-0.4, -0.2) is 17.1 Å². The molecule has 0 aliphatic carbocycles. The molecule has 4 aromatic rings. The molecule has 0 saturated carbocycles. The monoisotopic (exact) mass is 373 g/mol. The molecule has 28 heavy (non-hydrogen) atoms. The number of benzene rings is 2. The molecule has 0 aliphatic heterocycles. The molecule has 0 fully saturated rings. The Morgan fingerprint density at radius 1 is 0.893 bits per heavy atom. The molecule has 0 spiro atoms. The number of rotatable bonds is 6. The summed E-state index contributed by atoms with van der Waals surface area (Å²) >= 11 is 0. The molecule has 0 atom stereocenters. The Balaban J connectivity index is 1.65. The summed E-state index contributed by atoms with van der Waals surface area (Å²) in [5.41, 5.74) is 7.44. The van der Waals surface area contributed by atoms with Crippen LogP contribution in [0.4, 0.5) is 5.82 Å². The molecule has 2 aromatic carbocycles. The van der Waals surface area contributed by atoms with Crippen LogP contribution in [0.3, 0.4) is 0 Å². The summed E-state index contributed by atoms with van der Waals surface area (Å²) in [6, 6.07) is 18.9. The van der Waals surface area contributed by atoms with Gasteiger partial charge in [0.15, 0.2) is 11.5 Å². The van der Waals surface area contributed by atoms with Crippen molar-refractivity contribution in [2.45, 2.75) is 6.61 Å². The van der Waals surface area contributed by atoms with Gasteiger partial charge in [-0.3, -0.25) is 4.98 Å². The lowest BCUT2D eigenvalue weighted by Gasteiger charge is -2.14. The van der Waals surface area contributed by atoms with Crippen LogP contribution in [0.15, 0.2) is 73.1 Å². The number of anilines is 1. The third kappa shape index (κ3) is 3.81. The standard InChI is InChI=1S/C22H19N3O3/c1-26-20-11-17-18(12-21(20)27-14-15-5-3-2-4-6-15)24-10-9-19(17)28-16-7-8-22(23)25-13-16/h2-13H,14H2,1H3,(H2,23,25). The SMILES string of the molecule is COc1cc2c(Oc3ccc(N)nc3)ccnc2cc1OCc1ccccc1. The van der Waals surface area contributed by atoms with E-state index in [1.165, 1.54) is 0 Å². The highest BCUT2D eigenvalue weighted by molar-refractivity contribution is 5.88. The maximum atomic E-state index is 5.96. The lowest BCUT2D eigenvalue weighted by molar-refractivity contribution is 0.285. The third-order valence-electron chi connectivity index (χ3n) is 4.21. The van der Waals surface area contributed by atoms with Gasteiger partial charge in [0, 0.05) is 17.6 Å². The van der Waals surface area contributed by atoms with Gasteiger partial charge in [0.05, 0.1) is 18.8 Å². The molecule has 140 valence electrons. The molecule has 6 heteroatoms. The van der Waals surface area contributed by atoms with E-state index < -0.39 is 0 Å². The van der Waals surface area contributed by atoms with E-state index in [1.54, 1.807) is 37.7 Å². The van der Waals surface area contributed by atoms with Crippen molar-refractivity contribution in [1.82, 2.24) is 9.97 Å². The smallest absolute Gasteiger partial charge is 0.163 e. The van der Waals surface area contributed by atoms with E-state index in [2.05, 4.69) is 9.97 Å². The summed E-state index contributed by atoms with van der Waals surface area (Å²) in [4.78, 5) is 8.49. The molecule has 0 bridgehead atoms. The van der Waals surface area contributed by atoms with Gasteiger partial charge in [0.2, 0.25) is 0 Å². The summed E-state index contributed by atoms with van der Waals surface area (Å²) in [6.07, 6.45) is 3.27. The molecule has 0 saturated heterocycles. The van der Waals surface area contributed by atoms with Crippen LogP contribution >= 0.6 is 0 Å². The Hall–Kier alpha value is -3.80. The second kappa shape index (κ2) is 7.84. The first-order valence-corrected chi connectivity index (χ1v) is 8.76. The van der Waals surface area contributed by atoms with E-state index in [4.69, 9.17) is 19.9 Å². The molecule has 0 radical (unpaired) electrons. The van der Waals surface area contributed by atoms with Crippen molar-refractivity contribution in [3.8, 4) is 23.0 Å². The summed E-state index contributed by atoms with van der Waals surface area (Å²) in [6.45, 7) is 0.440. The van der Waals surface area contributed by atoms with Gasteiger partial charge in [-0.25, -0.2) is 4.98 Å². The quantitative estimate of drug-likeness (QED) is 0.532. The zero-order valence-electron chi connectivity index (χ0n) is 15.3. The van der Waals surface area contributed by atoms with Crippen LogP contribution in [0, 0.1) is 0 Å². The van der Waals surface area contributed by atoms with Crippen LogP contribution in [0.25, 0.3) is 10.9 Å². The summed E-state index contributed by atoms with van der Waals surface area (Å²) in [5, 5.41) is 0.809. The van der Waals surface area contributed by atoms with Crippen molar-refractivity contribution < 1.29 is 14.2 Å². The minimum atomic E-state index is 0.439. The van der Waals surface area contributed by atoms with E-state index >= 15 is 0 Å². The first kappa shape index (κ1) is 17.6. The topological polar surface area (TPSA) is 79.5 Å². The largest absolute Gasteiger partial charge is 0.493 e. The first-order valence-electron chi connectivity index (χ1n) is 8.76. The van der Waals surface area contributed by atoms with Crippen molar-refractivity contribution in [1.29, 1.82) is 0 Å². The Bertz CT molecular complexity index is 1080. The zero-order chi connectivity index (χ0) is 19.3. The number of nitrogens with two attached hydrogens (primary N) is 1. The Kier molecular flexibility index (Phi) is 4.93. The fourth-order valence-corrected chi connectivity index (χ4v) is 2.80. The van der Waals surface area contributed by atoms with Crippen LogP contribution in [-0.2, 0) is 6.61 Å². The molecule has 2 heterocycles. The second-order valence-corrected chi connectivity index (χ2v) is 6.12. The molecule has 0 unspecified atom stereocenters. The van der Waals surface area contributed by atoms with Gasteiger partial charge >= 0.3 is 0 Å². The summed E-state index contributed by atoms with van der Waals surface area (Å²) in [7, 11) is 1.61. The fourth-order valence-electron chi connectivity index (χ4n) is 2.80. The Morgan fingerprint density at radius 2 is 1.75 bits per heavy atom. The highest BCUT2D eigenvalue weighted by Gasteiger charge is 2.12. The average Bonchev–Trinajstić information content (AvgIpc) is 2.74. The van der Waals surface area contributed by atoms with Crippen molar-refractivity contribution in [2.24, 2.45) is 0 Å². The highest BCUT2D eigenvalue weighted by Crippen LogP contribution is 2.37. The van der Waals surface area contributed by atoms with Gasteiger partial charge in [-0.05, 0) is 29.8 Å². The van der Waals surface area contributed by atoms with Gasteiger partial charge < -0.3 is 19.9 Å². The zero-order valence-corrected chi connectivity index (χ0v) is 15.3. The molecule has 2 aromatic heterocycles. The van der Waals surface area contributed by atoms with Crippen LogP contribution in [0.2, 0.25) is 0 Å².